The van der Waals surface area contributed by atoms with Gasteiger partial charge in [0.15, 0.2) is 0 Å². The number of H-pyrrole nitrogens is 1. The number of hydrogen-bond acceptors (Lipinski definition) is 4. The maximum Gasteiger partial charge on any atom is 0.407 e. The lowest BCUT2D eigenvalue weighted by Crippen LogP contribution is -2.31. The minimum absolute atomic E-state index is 0.0526. The summed E-state index contributed by atoms with van der Waals surface area (Å²) in [7, 11) is 0. The number of fused-ring (bicyclic) bond motifs is 3. The van der Waals surface area contributed by atoms with Crippen LogP contribution in [0.2, 0.25) is 0 Å². The quantitative estimate of drug-likeness (QED) is 0.610. The third kappa shape index (κ3) is 3.46. The highest BCUT2D eigenvalue weighted by Gasteiger charge is 2.29. The smallest absolute Gasteiger partial charge is 0.407 e. The van der Waals surface area contributed by atoms with Gasteiger partial charge >= 0.3 is 12.1 Å². The molecule has 0 spiro atoms. The van der Waals surface area contributed by atoms with Crippen LogP contribution in [0.5, 0.6) is 0 Å². The number of aromatic nitrogens is 2. The van der Waals surface area contributed by atoms with E-state index in [9.17, 15) is 9.59 Å². The molecule has 2 aromatic carbocycles. The van der Waals surface area contributed by atoms with Crippen LogP contribution in [0.25, 0.3) is 11.1 Å². The molecule has 7 heteroatoms. The molecule has 4 rings (SSSR count). The molecule has 3 aromatic rings. The Labute approximate surface area is 161 Å². The molecule has 142 valence electrons. The average Bonchev–Trinajstić information content (AvgIpc) is 3.32. The van der Waals surface area contributed by atoms with E-state index in [-0.39, 0.29) is 18.9 Å². The number of amides is 1. The first-order valence-electron chi connectivity index (χ1n) is 8.95. The summed E-state index contributed by atoms with van der Waals surface area (Å²) < 4.78 is 5.47. The van der Waals surface area contributed by atoms with E-state index >= 15 is 0 Å². The van der Waals surface area contributed by atoms with Gasteiger partial charge in [-0.3, -0.25) is 4.79 Å². The van der Waals surface area contributed by atoms with Crippen molar-refractivity contribution in [2.75, 3.05) is 6.61 Å². The van der Waals surface area contributed by atoms with E-state index in [1.165, 1.54) is 12.5 Å². The fourth-order valence-corrected chi connectivity index (χ4v) is 3.65. The molecule has 0 radical (unpaired) electrons. The highest BCUT2D eigenvalue weighted by atomic mass is 16.5. The summed E-state index contributed by atoms with van der Waals surface area (Å²) in [6.45, 7) is 0.169. The van der Waals surface area contributed by atoms with Crippen molar-refractivity contribution in [3.05, 3.63) is 77.9 Å². The molecule has 1 aliphatic rings. The zero-order valence-corrected chi connectivity index (χ0v) is 15.0. The first kappa shape index (κ1) is 17.8. The zero-order chi connectivity index (χ0) is 19.5. The molecule has 0 saturated carbocycles. The van der Waals surface area contributed by atoms with Gasteiger partial charge in [0.1, 0.15) is 6.61 Å². The standard InChI is InChI=1S/C21H19N3O4/c25-20(26)9-18(19-10-22-12-23-19)24-21(27)28-11-17-15-7-3-1-5-13(15)14-6-2-4-8-16(14)17/h1-8,10,12,17-18H,9,11H2,(H,22,23)(H,24,27)(H,25,26)/t18-/m0/s1. The Balaban J connectivity index is 1.47. The van der Waals surface area contributed by atoms with Crippen molar-refractivity contribution >= 4 is 12.1 Å². The highest BCUT2D eigenvalue weighted by Crippen LogP contribution is 2.44. The van der Waals surface area contributed by atoms with Crippen LogP contribution in [0, 0.1) is 0 Å². The second-order valence-corrected chi connectivity index (χ2v) is 6.63. The van der Waals surface area contributed by atoms with Gasteiger partial charge in [-0.15, -0.1) is 0 Å². The van der Waals surface area contributed by atoms with Gasteiger partial charge in [0.05, 0.1) is 30.7 Å². The van der Waals surface area contributed by atoms with Gasteiger partial charge in [0.2, 0.25) is 0 Å². The van der Waals surface area contributed by atoms with Crippen LogP contribution in [0.15, 0.2) is 61.1 Å². The van der Waals surface area contributed by atoms with Crippen LogP contribution in [-0.4, -0.2) is 33.7 Å². The first-order chi connectivity index (χ1) is 13.6. The number of alkyl carbamates (subject to hydrolysis) is 1. The van der Waals surface area contributed by atoms with Crippen molar-refractivity contribution in [2.45, 2.75) is 18.4 Å². The minimum atomic E-state index is -1.03. The number of carbonyl (C=O) groups excluding carboxylic acids is 1. The number of aromatic amines is 1. The summed E-state index contributed by atoms with van der Waals surface area (Å²) in [6, 6.07) is 15.4. The molecule has 1 aromatic heterocycles. The molecular formula is C21H19N3O4. The fourth-order valence-electron chi connectivity index (χ4n) is 3.65. The van der Waals surface area contributed by atoms with Crippen LogP contribution >= 0.6 is 0 Å². The predicted molar refractivity (Wildman–Crippen MR) is 102 cm³/mol. The molecule has 1 heterocycles. The number of imidazole rings is 1. The van der Waals surface area contributed by atoms with E-state index in [1.54, 1.807) is 0 Å². The molecule has 0 bridgehead atoms. The maximum absolute atomic E-state index is 12.4. The Bertz CT molecular complexity index is 955. The van der Waals surface area contributed by atoms with Crippen molar-refractivity contribution < 1.29 is 19.4 Å². The number of ether oxygens (including phenoxy) is 1. The first-order valence-corrected chi connectivity index (χ1v) is 8.95. The number of rotatable bonds is 6. The number of nitrogens with zero attached hydrogens (tertiary/aromatic N) is 1. The van der Waals surface area contributed by atoms with Gasteiger partial charge in [-0.05, 0) is 22.3 Å². The summed E-state index contributed by atoms with van der Waals surface area (Å²) in [5.74, 6) is -1.08. The summed E-state index contributed by atoms with van der Waals surface area (Å²) in [5, 5.41) is 11.7. The summed E-state index contributed by atoms with van der Waals surface area (Å²) >= 11 is 0. The Hall–Kier alpha value is -3.61. The van der Waals surface area contributed by atoms with E-state index in [1.807, 2.05) is 36.4 Å². The second kappa shape index (κ2) is 7.56. The van der Waals surface area contributed by atoms with Crippen LogP contribution in [-0.2, 0) is 9.53 Å². The van der Waals surface area contributed by atoms with Gasteiger partial charge in [-0.2, -0.15) is 0 Å². The molecule has 28 heavy (non-hydrogen) atoms. The van der Waals surface area contributed by atoms with Gasteiger partial charge in [0.25, 0.3) is 0 Å². The Kier molecular flexibility index (Phi) is 4.80. The lowest BCUT2D eigenvalue weighted by Gasteiger charge is -2.18. The molecule has 0 unspecified atom stereocenters. The number of benzene rings is 2. The number of carboxylic acids is 1. The van der Waals surface area contributed by atoms with Crippen LogP contribution in [0.3, 0.4) is 0 Å². The Morgan fingerprint density at radius 2 is 1.75 bits per heavy atom. The predicted octanol–water partition coefficient (Wildman–Crippen LogP) is 3.46. The summed E-state index contributed by atoms with van der Waals surface area (Å²) in [4.78, 5) is 30.2. The highest BCUT2D eigenvalue weighted by molar-refractivity contribution is 5.79. The molecule has 7 nitrogen and oxygen atoms in total. The number of aliphatic carboxylic acids is 1. The molecule has 0 aliphatic heterocycles. The van der Waals surface area contributed by atoms with Gasteiger partial charge in [-0.1, -0.05) is 48.5 Å². The van der Waals surface area contributed by atoms with Gasteiger partial charge in [-0.25, -0.2) is 9.78 Å². The molecule has 1 atom stereocenters. The van der Waals surface area contributed by atoms with Crippen LogP contribution in [0.4, 0.5) is 4.79 Å². The third-order valence-corrected chi connectivity index (χ3v) is 4.91. The maximum atomic E-state index is 12.4. The fraction of sp³-hybridized carbons (Fsp3) is 0.190. The van der Waals surface area contributed by atoms with E-state index in [4.69, 9.17) is 9.84 Å². The Morgan fingerprint density at radius 1 is 1.11 bits per heavy atom. The third-order valence-electron chi connectivity index (χ3n) is 4.91. The monoisotopic (exact) mass is 377 g/mol. The number of carboxylic acid groups (broad SMARTS) is 1. The average molecular weight is 377 g/mol. The lowest BCUT2D eigenvalue weighted by molar-refractivity contribution is -0.137. The molecule has 1 aliphatic carbocycles. The second-order valence-electron chi connectivity index (χ2n) is 6.63. The van der Waals surface area contributed by atoms with E-state index in [0.717, 1.165) is 22.3 Å². The number of nitrogens with one attached hydrogen (secondary N) is 2. The number of hydrogen-bond donors (Lipinski definition) is 3. The SMILES string of the molecule is O=C(O)C[C@H](NC(=O)OCC1c2ccccc2-c2ccccc21)c1cnc[nH]1. The van der Waals surface area contributed by atoms with E-state index in [0.29, 0.717) is 5.69 Å². The molecule has 1 amide bonds. The molecule has 0 fully saturated rings. The van der Waals surface area contributed by atoms with Crippen molar-refractivity contribution in [2.24, 2.45) is 0 Å². The van der Waals surface area contributed by atoms with E-state index < -0.39 is 18.1 Å². The normalized spacial score (nSPS) is 13.4. The van der Waals surface area contributed by atoms with Crippen LogP contribution < -0.4 is 5.32 Å². The van der Waals surface area contributed by atoms with Crippen LogP contribution in [0.1, 0.15) is 35.2 Å². The Morgan fingerprint density at radius 3 is 2.32 bits per heavy atom. The van der Waals surface area contributed by atoms with Crippen molar-refractivity contribution in [1.29, 1.82) is 0 Å². The van der Waals surface area contributed by atoms with Crippen molar-refractivity contribution in [1.82, 2.24) is 15.3 Å². The minimum Gasteiger partial charge on any atom is -0.481 e. The summed E-state index contributed by atoms with van der Waals surface area (Å²) in [6.07, 6.45) is 1.98. The molecule has 3 N–H and O–H groups in total. The zero-order valence-electron chi connectivity index (χ0n) is 15.0. The van der Waals surface area contributed by atoms with Gasteiger partial charge in [0, 0.05) is 5.92 Å². The van der Waals surface area contributed by atoms with Gasteiger partial charge < -0.3 is 20.1 Å². The largest absolute Gasteiger partial charge is 0.481 e. The molecule has 0 saturated heterocycles. The lowest BCUT2D eigenvalue weighted by atomic mass is 9.98. The van der Waals surface area contributed by atoms with Crippen molar-refractivity contribution in [3.8, 4) is 11.1 Å². The number of carbonyl (C=O) groups is 2. The summed E-state index contributed by atoms with van der Waals surface area (Å²) in [5.41, 5.74) is 5.04. The van der Waals surface area contributed by atoms with Crippen molar-refractivity contribution in [3.63, 3.8) is 0 Å². The topological polar surface area (TPSA) is 104 Å². The molecular weight excluding hydrogens is 358 g/mol. The van der Waals surface area contributed by atoms with E-state index in [2.05, 4.69) is 27.4 Å².